The molecule has 1 N–H and O–H groups in total. The molecule has 1 saturated heterocycles. The highest BCUT2D eigenvalue weighted by Gasteiger charge is 2.20. The van der Waals surface area contributed by atoms with Crippen LogP contribution in [0.2, 0.25) is 0 Å². The Kier molecular flexibility index (Phi) is 15.0. The second-order valence-corrected chi connectivity index (χ2v) is 7.89. The molecule has 0 saturated carbocycles. The van der Waals surface area contributed by atoms with E-state index in [0.29, 0.717) is 6.17 Å². The minimum atomic E-state index is 0.675. The summed E-state index contributed by atoms with van der Waals surface area (Å²) >= 11 is 0. The van der Waals surface area contributed by atoms with Gasteiger partial charge >= 0.3 is 0 Å². The van der Waals surface area contributed by atoms with Crippen LogP contribution < -0.4 is 5.32 Å². The van der Waals surface area contributed by atoms with E-state index >= 15 is 0 Å². The van der Waals surface area contributed by atoms with E-state index in [1.807, 2.05) is 0 Å². The fraction of sp³-hybridized carbons (Fsp3) is 1.00. The molecule has 1 rings (SSSR count). The standard InChI is InChI=1S/C22H46N2/c1-3-5-7-8-9-10-11-12-13-14-15-18-22-23-19-17-21-24(22)20-16-6-4-2/h22-23H,3-21H2,1-2H3. The van der Waals surface area contributed by atoms with Crippen molar-refractivity contribution in [2.75, 3.05) is 19.6 Å². The number of nitrogens with one attached hydrogen (secondary N) is 1. The topological polar surface area (TPSA) is 15.3 Å². The third-order valence-corrected chi connectivity index (χ3v) is 5.57. The van der Waals surface area contributed by atoms with Crippen LogP contribution >= 0.6 is 0 Å². The van der Waals surface area contributed by atoms with Crippen molar-refractivity contribution in [3.63, 3.8) is 0 Å². The Hall–Kier alpha value is -0.0800. The minimum Gasteiger partial charge on any atom is -0.302 e. The summed E-state index contributed by atoms with van der Waals surface area (Å²) in [7, 11) is 0. The molecule has 1 aliphatic heterocycles. The van der Waals surface area contributed by atoms with Crippen molar-refractivity contribution in [1.29, 1.82) is 0 Å². The van der Waals surface area contributed by atoms with Crippen molar-refractivity contribution in [1.82, 2.24) is 10.2 Å². The lowest BCUT2D eigenvalue weighted by atomic mass is 10.0. The van der Waals surface area contributed by atoms with Crippen molar-refractivity contribution < 1.29 is 0 Å². The molecule has 0 spiro atoms. The van der Waals surface area contributed by atoms with Gasteiger partial charge in [-0.05, 0) is 32.4 Å². The molecule has 1 atom stereocenters. The van der Waals surface area contributed by atoms with Gasteiger partial charge < -0.3 is 5.32 Å². The summed E-state index contributed by atoms with van der Waals surface area (Å²) in [5.74, 6) is 0. The number of nitrogens with zero attached hydrogens (tertiary/aromatic N) is 1. The van der Waals surface area contributed by atoms with Gasteiger partial charge in [0.25, 0.3) is 0 Å². The van der Waals surface area contributed by atoms with Gasteiger partial charge in [0, 0.05) is 6.54 Å². The quantitative estimate of drug-likeness (QED) is 0.323. The first-order chi connectivity index (χ1) is 11.9. The minimum absolute atomic E-state index is 0.675. The van der Waals surface area contributed by atoms with Gasteiger partial charge in [0.05, 0.1) is 6.17 Å². The van der Waals surface area contributed by atoms with Gasteiger partial charge in [-0.15, -0.1) is 0 Å². The summed E-state index contributed by atoms with van der Waals surface area (Å²) in [6, 6.07) is 0. The maximum atomic E-state index is 3.76. The van der Waals surface area contributed by atoms with Crippen LogP contribution in [-0.2, 0) is 0 Å². The first-order valence-electron chi connectivity index (χ1n) is 11.4. The Morgan fingerprint density at radius 3 is 1.88 bits per heavy atom. The lowest BCUT2D eigenvalue weighted by Crippen LogP contribution is -2.51. The molecule has 24 heavy (non-hydrogen) atoms. The maximum absolute atomic E-state index is 3.76. The van der Waals surface area contributed by atoms with Crippen molar-refractivity contribution in [2.45, 2.75) is 123 Å². The zero-order valence-electron chi connectivity index (χ0n) is 17.0. The molecule has 0 aromatic rings. The second kappa shape index (κ2) is 16.4. The molecular weight excluding hydrogens is 292 g/mol. The summed E-state index contributed by atoms with van der Waals surface area (Å²) in [6.45, 7) is 8.46. The fourth-order valence-corrected chi connectivity index (χ4v) is 3.95. The van der Waals surface area contributed by atoms with Crippen LogP contribution in [0.3, 0.4) is 0 Å². The van der Waals surface area contributed by atoms with Crippen LogP contribution in [-0.4, -0.2) is 30.7 Å². The molecule has 0 aromatic carbocycles. The SMILES string of the molecule is CCCCCCCCCCCCCC1NCCCN1CCCCC. The van der Waals surface area contributed by atoms with E-state index in [1.165, 1.54) is 122 Å². The first-order valence-corrected chi connectivity index (χ1v) is 11.4. The Labute approximate surface area is 153 Å². The van der Waals surface area contributed by atoms with E-state index < -0.39 is 0 Å². The summed E-state index contributed by atoms with van der Waals surface area (Å²) in [5, 5.41) is 3.76. The molecule has 1 aliphatic rings. The van der Waals surface area contributed by atoms with Gasteiger partial charge in [0.15, 0.2) is 0 Å². The van der Waals surface area contributed by atoms with E-state index in [9.17, 15) is 0 Å². The molecule has 0 bridgehead atoms. The Bertz CT molecular complexity index is 254. The van der Waals surface area contributed by atoms with Crippen molar-refractivity contribution in [2.24, 2.45) is 0 Å². The van der Waals surface area contributed by atoms with Crippen molar-refractivity contribution in [3.8, 4) is 0 Å². The predicted molar refractivity (Wildman–Crippen MR) is 109 cm³/mol. The van der Waals surface area contributed by atoms with E-state index in [1.54, 1.807) is 0 Å². The molecule has 1 unspecified atom stereocenters. The molecule has 0 aromatic heterocycles. The predicted octanol–water partition coefficient (Wildman–Crippen LogP) is 6.50. The van der Waals surface area contributed by atoms with Crippen molar-refractivity contribution in [3.05, 3.63) is 0 Å². The fourth-order valence-electron chi connectivity index (χ4n) is 3.95. The zero-order chi connectivity index (χ0) is 17.3. The summed E-state index contributed by atoms with van der Waals surface area (Å²) in [6.07, 6.45) is 23.4. The third-order valence-electron chi connectivity index (χ3n) is 5.57. The molecule has 0 aliphatic carbocycles. The number of hydrogen-bond donors (Lipinski definition) is 1. The number of rotatable bonds is 16. The van der Waals surface area contributed by atoms with Crippen molar-refractivity contribution >= 4 is 0 Å². The van der Waals surface area contributed by atoms with Crippen LogP contribution in [0.1, 0.15) is 117 Å². The molecule has 2 heteroatoms. The molecule has 0 amide bonds. The van der Waals surface area contributed by atoms with Crippen LogP contribution in [0.25, 0.3) is 0 Å². The van der Waals surface area contributed by atoms with Gasteiger partial charge in [0.1, 0.15) is 0 Å². The van der Waals surface area contributed by atoms with Gasteiger partial charge in [0.2, 0.25) is 0 Å². The summed E-state index contributed by atoms with van der Waals surface area (Å²) in [4.78, 5) is 2.72. The summed E-state index contributed by atoms with van der Waals surface area (Å²) < 4.78 is 0. The van der Waals surface area contributed by atoms with Crippen LogP contribution in [0, 0.1) is 0 Å². The van der Waals surface area contributed by atoms with Crippen LogP contribution in [0.15, 0.2) is 0 Å². The van der Waals surface area contributed by atoms with Crippen LogP contribution in [0.5, 0.6) is 0 Å². The number of unbranched alkanes of at least 4 members (excludes halogenated alkanes) is 12. The molecule has 2 nitrogen and oxygen atoms in total. The highest BCUT2D eigenvalue weighted by molar-refractivity contribution is 4.75. The van der Waals surface area contributed by atoms with Gasteiger partial charge in [-0.1, -0.05) is 97.3 Å². The van der Waals surface area contributed by atoms with E-state index in [0.717, 1.165) is 0 Å². The maximum Gasteiger partial charge on any atom is 0.0597 e. The average Bonchev–Trinajstić information content (AvgIpc) is 2.61. The number of hydrogen-bond acceptors (Lipinski definition) is 2. The Morgan fingerprint density at radius 1 is 0.708 bits per heavy atom. The third kappa shape index (κ3) is 11.5. The van der Waals surface area contributed by atoms with E-state index in [4.69, 9.17) is 0 Å². The molecular formula is C22H46N2. The molecule has 0 radical (unpaired) electrons. The Morgan fingerprint density at radius 2 is 1.25 bits per heavy atom. The lowest BCUT2D eigenvalue weighted by Gasteiger charge is -2.36. The molecule has 1 heterocycles. The van der Waals surface area contributed by atoms with E-state index in [2.05, 4.69) is 24.1 Å². The van der Waals surface area contributed by atoms with Gasteiger partial charge in [-0.3, -0.25) is 4.90 Å². The normalized spacial score (nSPS) is 19.0. The van der Waals surface area contributed by atoms with Crippen LogP contribution in [0.4, 0.5) is 0 Å². The van der Waals surface area contributed by atoms with Gasteiger partial charge in [-0.25, -0.2) is 0 Å². The smallest absolute Gasteiger partial charge is 0.0597 e. The highest BCUT2D eigenvalue weighted by Crippen LogP contribution is 2.16. The average molecular weight is 339 g/mol. The lowest BCUT2D eigenvalue weighted by molar-refractivity contribution is 0.118. The largest absolute Gasteiger partial charge is 0.302 e. The zero-order valence-corrected chi connectivity index (χ0v) is 17.0. The van der Waals surface area contributed by atoms with E-state index in [-0.39, 0.29) is 0 Å². The summed E-state index contributed by atoms with van der Waals surface area (Å²) in [5.41, 5.74) is 0. The first kappa shape index (κ1) is 22.0. The van der Waals surface area contributed by atoms with Gasteiger partial charge in [-0.2, -0.15) is 0 Å². The molecule has 1 fully saturated rings. The monoisotopic (exact) mass is 338 g/mol. The second-order valence-electron chi connectivity index (χ2n) is 7.89. The highest BCUT2D eigenvalue weighted by atomic mass is 15.3. The molecule has 144 valence electrons. The Balaban J connectivity index is 1.93.